The van der Waals surface area contributed by atoms with Crippen molar-refractivity contribution in [3.63, 3.8) is 0 Å². The van der Waals surface area contributed by atoms with Crippen LogP contribution >= 0.6 is 22.6 Å². The van der Waals surface area contributed by atoms with E-state index in [-0.39, 0.29) is 12.8 Å². The number of nitrogens with zero attached hydrogens (tertiary/aromatic N) is 1. The van der Waals surface area contributed by atoms with Crippen LogP contribution in [-0.2, 0) is 29.2 Å². The lowest BCUT2D eigenvalue weighted by atomic mass is 10.0. The number of alkyl halides is 1. The molecule has 1 heterocycles. The molecule has 0 aromatic rings. The summed E-state index contributed by atoms with van der Waals surface area (Å²) in [5.41, 5.74) is 0. The maximum Gasteiger partial charge on any atom is 0.303 e. The molecule has 3 atom stereocenters. The molecule has 10 nitrogen and oxygen atoms in total. The largest absolute Gasteiger partial charge is 0.481 e. The average molecular weight is 569 g/mol. The third-order valence-corrected chi connectivity index (χ3v) is 9.78. The lowest BCUT2D eigenvalue weighted by molar-refractivity contribution is -0.143. The number of amides is 3. The van der Waals surface area contributed by atoms with E-state index in [1.165, 1.54) is 11.0 Å². The summed E-state index contributed by atoms with van der Waals surface area (Å²) in [6.07, 6.45) is 2.67. The number of halogens is 1. The summed E-state index contributed by atoms with van der Waals surface area (Å²) in [5.74, 6) is -3.68. The minimum atomic E-state index is -3.92. The van der Waals surface area contributed by atoms with E-state index in [9.17, 15) is 27.6 Å². The van der Waals surface area contributed by atoms with Crippen LogP contribution in [0, 0.1) is 5.92 Å². The van der Waals surface area contributed by atoms with E-state index in [1.807, 2.05) is 0 Å². The van der Waals surface area contributed by atoms with Gasteiger partial charge in [-0.25, -0.2) is 13.1 Å². The first-order valence-corrected chi connectivity index (χ1v) is 12.5. The van der Waals surface area contributed by atoms with Gasteiger partial charge in [-0.3, -0.25) is 19.2 Å². The second-order valence-corrected chi connectivity index (χ2v) is 12.1. The Kier molecular flexibility index (Phi) is 7.77. The van der Waals surface area contributed by atoms with Crippen LogP contribution in [0.1, 0.15) is 52.4 Å². The zero-order valence-corrected chi connectivity index (χ0v) is 20.5. The van der Waals surface area contributed by atoms with Crippen LogP contribution in [0.4, 0.5) is 0 Å². The number of carbonyl (C=O) groups is 4. The molecular formula is C19H28IN3O7S. The van der Waals surface area contributed by atoms with Gasteiger partial charge in [-0.15, -0.1) is 6.58 Å². The molecule has 3 N–H and O–H groups in total. The predicted molar refractivity (Wildman–Crippen MR) is 121 cm³/mol. The van der Waals surface area contributed by atoms with Crippen molar-refractivity contribution in [2.24, 2.45) is 5.92 Å². The molecule has 0 aromatic heterocycles. The smallest absolute Gasteiger partial charge is 0.303 e. The Bertz CT molecular complexity index is 887. The average Bonchev–Trinajstić information content (AvgIpc) is 3.27. The molecule has 0 aromatic carbocycles. The molecule has 2 fully saturated rings. The number of hydrogen-bond donors (Lipinski definition) is 3. The Morgan fingerprint density at radius 3 is 2.45 bits per heavy atom. The molecule has 31 heavy (non-hydrogen) atoms. The zero-order chi connectivity index (χ0) is 23.6. The van der Waals surface area contributed by atoms with Crippen LogP contribution in [0.2, 0.25) is 0 Å². The normalized spacial score (nSPS) is 22.7. The molecule has 0 spiro atoms. The number of carboxylic acid groups (broad SMARTS) is 1. The summed E-state index contributed by atoms with van der Waals surface area (Å²) in [5, 5.41) is 11.4. The number of likely N-dealkylation sites (tertiary alicyclic amines) is 1. The maximum absolute atomic E-state index is 13.0. The Balaban J connectivity index is 2.18. The summed E-state index contributed by atoms with van der Waals surface area (Å²) < 4.78 is 24.5. The Hall–Kier alpha value is -1.70. The quantitative estimate of drug-likeness (QED) is 0.153. The van der Waals surface area contributed by atoms with Crippen LogP contribution in [0.5, 0.6) is 0 Å². The molecule has 174 valence electrons. The van der Waals surface area contributed by atoms with Crippen molar-refractivity contribution < 1.29 is 32.7 Å². The maximum atomic E-state index is 13.0. The van der Waals surface area contributed by atoms with Crippen LogP contribution in [0.15, 0.2) is 12.7 Å². The summed E-state index contributed by atoms with van der Waals surface area (Å²) >= 11 is 1.71. The minimum absolute atomic E-state index is 0.227. The number of carbonyl (C=O) groups excluding carboxylic acids is 3. The molecule has 12 heteroatoms. The van der Waals surface area contributed by atoms with Crippen LogP contribution in [-0.4, -0.2) is 63.0 Å². The summed E-state index contributed by atoms with van der Waals surface area (Å²) in [4.78, 5) is 50.4. The summed E-state index contributed by atoms with van der Waals surface area (Å²) in [6, 6.07) is -0.863. The predicted octanol–water partition coefficient (Wildman–Crippen LogP) is 0.910. The number of carboxylic acids is 1. The number of hydrogen-bond acceptors (Lipinski definition) is 6. The molecule has 1 saturated heterocycles. The molecule has 3 amide bonds. The van der Waals surface area contributed by atoms with Crippen molar-refractivity contribution >= 4 is 56.3 Å². The molecule has 1 aliphatic carbocycles. The molecule has 2 aliphatic rings. The highest BCUT2D eigenvalue weighted by Gasteiger charge is 2.53. The molecule has 0 unspecified atom stereocenters. The standard InChI is InChI=1S/C19H28IN3O7S/c1-4-12(2)19(20,17(28)22-31(29,30)18(3)9-10-18)21-16(27)13-6-5-11-23(13)14(24)7-8-15(25)26/h4,12-13H,1,5-11H2,2-3H3,(H,21,27)(H,22,28)(H,25,26)/t12-,13-,19+/m0/s1. The van der Waals surface area contributed by atoms with Crippen molar-refractivity contribution in [3.05, 3.63) is 12.7 Å². The number of rotatable bonds is 10. The van der Waals surface area contributed by atoms with Crippen molar-refractivity contribution in [1.29, 1.82) is 0 Å². The van der Waals surface area contributed by atoms with Crippen molar-refractivity contribution in [2.45, 2.75) is 66.7 Å². The molecular weight excluding hydrogens is 541 g/mol. The van der Waals surface area contributed by atoms with E-state index in [1.54, 1.807) is 36.4 Å². The lowest BCUT2D eigenvalue weighted by Crippen LogP contribution is -2.62. The molecule has 0 radical (unpaired) electrons. The van der Waals surface area contributed by atoms with Gasteiger partial charge in [-0.1, -0.05) is 13.0 Å². The monoisotopic (exact) mass is 569 g/mol. The third-order valence-electron chi connectivity index (χ3n) is 5.88. The highest BCUT2D eigenvalue weighted by Crippen LogP contribution is 2.42. The van der Waals surface area contributed by atoms with Crippen molar-refractivity contribution in [3.8, 4) is 0 Å². The lowest BCUT2D eigenvalue weighted by Gasteiger charge is -2.34. The fraction of sp³-hybridized carbons (Fsp3) is 0.684. The number of aliphatic carboxylic acids is 1. The molecule has 1 aliphatic heterocycles. The molecule has 2 rings (SSSR count). The molecule has 0 bridgehead atoms. The van der Waals surface area contributed by atoms with Gasteiger partial charge >= 0.3 is 5.97 Å². The van der Waals surface area contributed by atoms with E-state index in [2.05, 4.69) is 16.6 Å². The van der Waals surface area contributed by atoms with Gasteiger partial charge in [0.15, 0.2) is 3.55 Å². The van der Waals surface area contributed by atoms with Crippen molar-refractivity contribution in [2.75, 3.05) is 6.54 Å². The van der Waals surface area contributed by atoms with E-state index in [0.717, 1.165) is 0 Å². The second-order valence-electron chi connectivity index (χ2n) is 8.25. The Morgan fingerprint density at radius 1 is 1.32 bits per heavy atom. The van der Waals surface area contributed by atoms with Gasteiger partial charge in [0.1, 0.15) is 6.04 Å². The molecule has 1 saturated carbocycles. The Labute approximate surface area is 195 Å². The minimum Gasteiger partial charge on any atom is -0.481 e. The van der Waals surface area contributed by atoms with Crippen LogP contribution < -0.4 is 10.0 Å². The number of nitrogens with one attached hydrogen (secondary N) is 2. The van der Waals surface area contributed by atoms with Gasteiger partial charge in [0.2, 0.25) is 21.8 Å². The van der Waals surface area contributed by atoms with Gasteiger partial charge in [-0.05, 0) is 55.2 Å². The van der Waals surface area contributed by atoms with Gasteiger partial charge in [-0.2, -0.15) is 0 Å². The van der Waals surface area contributed by atoms with E-state index >= 15 is 0 Å². The van der Waals surface area contributed by atoms with Crippen LogP contribution in [0.25, 0.3) is 0 Å². The van der Waals surface area contributed by atoms with E-state index in [4.69, 9.17) is 5.11 Å². The summed E-state index contributed by atoms with van der Waals surface area (Å²) in [7, 11) is -3.92. The fourth-order valence-electron chi connectivity index (χ4n) is 3.26. The fourth-order valence-corrected chi connectivity index (χ4v) is 5.39. The van der Waals surface area contributed by atoms with Gasteiger partial charge in [0, 0.05) is 18.9 Å². The first-order valence-electron chi connectivity index (χ1n) is 9.99. The van der Waals surface area contributed by atoms with Crippen molar-refractivity contribution in [1.82, 2.24) is 14.9 Å². The van der Waals surface area contributed by atoms with Crippen LogP contribution in [0.3, 0.4) is 0 Å². The third kappa shape index (κ3) is 5.57. The van der Waals surface area contributed by atoms with Gasteiger partial charge in [0.05, 0.1) is 11.2 Å². The Morgan fingerprint density at radius 2 is 1.94 bits per heavy atom. The first-order chi connectivity index (χ1) is 14.3. The highest BCUT2D eigenvalue weighted by molar-refractivity contribution is 14.1. The summed E-state index contributed by atoms with van der Waals surface area (Å²) in [6.45, 7) is 7.12. The topological polar surface area (TPSA) is 150 Å². The zero-order valence-electron chi connectivity index (χ0n) is 17.5. The first kappa shape index (κ1) is 25.6. The second kappa shape index (κ2) is 9.43. The van der Waals surface area contributed by atoms with Gasteiger partial charge < -0.3 is 15.3 Å². The van der Waals surface area contributed by atoms with Gasteiger partial charge in [0.25, 0.3) is 5.91 Å². The van der Waals surface area contributed by atoms with E-state index in [0.29, 0.717) is 32.2 Å². The number of sulfonamides is 1. The highest BCUT2D eigenvalue weighted by atomic mass is 127. The van der Waals surface area contributed by atoms with E-state index < -0.39 is 54.0 Å². The SMILES string of the molecule is C=C[C@H](C)[C@@](I)(NC(=O)[C@@H]1CCCN1C(=O)CCC(=O)O)C(=O)NS(=O)(=O)C1(C)CC1.